The molecule has 1 spiro atoms. The van der Waals surface area contributed by atoms with Crippen LogP contribution in [-0.4, -0.2) is 12.6 Å². The molecule has 0 aromatic heterocycles. The fraction of sp³-hybridized carbons (Fsp3) is 0.667. The minimum absolute atomic E-state index is 0.622. The highest BCUT2D eigenvalue weighted by molar-refractivity contribution is 5.27. The van der Waals surface area contributed by atoms with Gasteiger partial charge in [0.1, 0.15) is 0 Å². The van der Waals surface area contributed by atoms with E-state index in [-0.39, 0.29) is 0 Å². The van der Waals surface area contributed by atoms with E-state index < -0.39 is 0 Å². The molecule has 3 atom stereocenters. The molecule has 0 radical (unpaired) electrons. The van der Waals surface area contributed by atoms with Crippen molar-refractivity contribution in [1.29, 1.82) is 0 Å². The summed E-state index contributed by atoms with van der Waals surface area (Å²) in [5, 5.41) is 3.65. The van der Waals surface area contributed by atoms with Crippen molar-refractivity contribution >= 4 is 0 Å². The lowest BCUT2D eigenvalue weighted by Crippen LogP contribution is -2.29. The standard InChI is InChI=1S/C18H27N/c1-14(2)19-13-16-12-18(16)11-7-6-10-17(18)15-8-4-3-5-9-15/h3-5,8-9,14,16-17,19H,6-7,10-13H2,1-2H3. The van der Waals surface area contributed by atoms with E-state index in [9.17, 15) is 0 Å². The van der Waals surface area contributed by atoms with Crippen molar-refractivity contribution < 1.29 is 0 Å². The second-order valence-corrected chi connectivity index (χ2v) is 6.91. The molecule has 0 aliphatic heterocycles. The molecule has 2 aliphatic carbocycles. The van der Waals surface area contributed by atoms with E-state index >= 15 is 0 Å². The zero-order chi connectivity index (χ0) is 13.3. The SMILES string of the molecule is CC(C)NCC1CC12CCCCC2c1ccccc1. The monoisotopic (exact) mass is 257 g/mol. The largest absolute Gasteiger partial charge is 0.314 e. The highest BCUT2D eigenvalue weighted by Gasteiger charge is 2.58. The molecule has 2 aliphatic rings. The predicted molar refractivity (Wildman–Crippen MR) is 81.3 cm³/mol. The van der Waals surface area contributed by atoms with E-state index in [4.69, 9.17) is 0 Å². The molecule has 1 heteroatoms. The molecule has 19 heavy (non-hydrogen) atoms. The summed E-state index contributed by atoms with van der Waals surface area (Å²) in [4.78, 5) is 0. The number of nitrogens with one attached hydrogen (secondary N) is 1. The summed E-state index contributed by atoms with van der Waals surface area (Å²) in [7, 11) is 0. The Labute approximate surface area is 117 Å². The summed E-state index contributed by atoms with van der Waals surface area (Å²) < 4.78 is 0. The lowest BCUT2D eigenvalue weighted by Gasteiger charge is -2.34. The Hall–Kier alpha value is -0.820. The van der Waals surface area contributed by atoms with Gasteiger partial charge in [-0.3, -0.25) is 0 Å². The Balaban J connectivity index is 1.73. The van der Waals surface area contributed by atoms with Crippen molar-refractivity contribution in [3.63, 3.8) is 0 Å². The predicted octanol–water partition coefficient (Wildman–Crippen LogP) is 4.35. The molecule has 1 aromatic carbocycles. The zero-order valence-corrected chi connectivity index (χ0v) is 12.4. The van der Waals surface area contributed by atoms with Gasteiger partial charge in [-0.2, -0.15) is 0 Å². The number of hydrogen-bond donors (Lipinski definition) is 1. The first-order chi connectivity index (χ1) is 9.22. The maximum Gasteiger partial charge on any atom is 0.00104 e. The van der Waals surface area contributed by atoms with Crippen LogP contribution < -0.4 is 5.32 Å². The lowest BCUT2D eigenvalue weighted by molar-refractivity contribution is 0.255. The minimum Gasteiger partial charge on any atom is -0.314 e. The third-order valence-corrected chi connectivity index (χ3v) is 5.33. The number of hydrogen-bond acceptors (Lipinski definition) is 1. The molecule has 1 aromatic rings. The average Bonchev–Trinajstić information content (AvgIpc) is 3.11. The first-order valence-corrected chi connectivity index (χ1v) is 8.01. The van der Waals surface area contributed by atoms with Gasteiger partial charge in [-0.05, 0) is 48.6 Å². The second kappa shape index (κ2) is 5.28. The van der Waals surface area contributed by atoms with E-state index in [0.717, 1.165) is 11.8 Å². The normalized spacial score (nSPS) is 33.8. The first-order valence-electron chi connectivity index (χ1n) is 8.01. The van der Waals surface area contributed by atoms with Crippen molar-refractivity contribution in [3.05, 3.63) is 35.9 Å². The average molecular weight is 257 g/mol. The van der Waals surface area contributed by atoms with E-state index in [1.54, 1.807) is 5.56 Å². The van der Waals surface area contributed by atoms with Gasteiger partial charge >= 0.3 is 0 Å². The molecular weight excluding hydrogens is 230 g/mol. The third kappa shape index (κ3) is 2.58. The van der Waals surface area contributed by atoms with E-state index in [1.807, 2.05) is 0 Å². The minimum atomic E-state index is 0.622. The molecule has 3 rings (SSSR count). The van der Waals surface area contributed by atoms with Crippen molar-refractivity contribution in [3.8, 4) is 0 Å². The second-order valence-electron chi connectivity index (χ2n) is 6.91. The highest BCUT2D eigenvalue weighted by Crippen LogP contribution is 2.67. The van der Waals surface area contributed by atoms with Crippen LogP contribution in [0.25, 0.3) is 0 Å². The summed E-state index contributed by atoms with van der Waals surface area (Å²) >= 11 is 0. The van der Waals surface area contributed by atoms with Crippen molar-refractivity contribution in [2.45, 2.75) is 57.9 Å². The Kier molecular flexibility index (Phi) is 3.66. The van der Waals surface area contributed by atoms with Gasteiger partial charge in [0, 0.05) is 6.04 Å². The fourth-order valence-electron chi connectivity index (χ4n) is 4.23. The molecule has 104 valence electrons. The third-order valence-electron chi connectivity index (χ3n) is 5.33. The Bertz CT molecular complexity index is 411. The molecular formula is C18H27N. The molecule has 2 saturated carbocycles. The van der Waals surface area contributed by atoms with Crippen LogP contribution >= 0.6 is 0 Å². The number of benzene rings is 1. The summed E-state index contributed by atoms with van der Waals surface area (Å²) in [6.07, 6.45) is 7.18. The van der Waals surface area contributed by atoms with E-state index in [0.29, 0.717) is 11.5 Å². The molecule has 1 N–H and O–H groups in total. The van der Waals surface area contributed by atoms with Crippen LogP contribution in [-0.2, 0) is 0 Å². The summed E-state index contributed by atoms with van der Waals surface area (Å²) in [5.41, 5.74) is 2.23. The summed E-state index contributed by atoms with van der Waals surface area (Å²) in [6, 6.07) is 11.9. The van der Waals surface area contributed by atoms with Gasteiger partial charge in [-0.15, -0.1) is 0 Å². The molecule has 0 bridgehead atoms. The Morgan fingerprint density at radius 3 is 2.74 bits per heavy atom. The maximum absolute atomic E-state index is 3.65. The first kappa shape index (κ1) is 13.2. The van der Waals surface area contributed by atoms with Crippen LogP contribution in [0.4, 0.5) is 0 Å². The Morgan fingerprint density at radius 1 is 1.21 bits per heavy atom. The highest BCUT2D eigenvalue weighted by atomic mass is 14.9. The molecule has 2 fully saturated rings. The van der Waals surface area contributed by atoms with E-state index in [1.165, 1.54) is 38.6 Å². The molecule has 3 unspecified atom stereocenters. The van der Waals surface area contributed by atoms with Gasteiger partial charge < -0.3 is 5.32 Å². The van der Waals surface area contributed by atoms with Crippen molar-refractivity contribution in [2.24, 2.45) is 11.3 Å². The van der Waals surface area contributed by atoms with Gasteiger partial charge in [0.25, 0.3) is 0 Å². The van der Waals surface area contributed by atoms with Gasteiger partial charge in [0.2, 0.25) is 0 Å². The molecule has 0 heterocycles. The molecule has 0 amide bonds. The van der Waals surface area contributed by atoms with Gasteiger partial charge in [0.15, 0.2) is 0 Å². The molecule has 1 nitrogen and oxygen atoms in total. The molecule has 0 saturated heterocycles. The van der Waals surface area contributed by atoms with Gasteiger partial charge in [0.05, 0.1) is 0 Å². The lowest BCUT2D eigenvalue weighted by atomic mass is 9.71. The van der Waals surface area contributed by atoms with E-state index in [2.05, 4.69) is 49.5 Å². The van der Waals surface area contributed by atoms with Gasteiger partial charge in [-0.25, -0.2) is 0 Å². The van der Waals surface area contributed by atoms with Crippen LogP contribution in [0.1, 0.15) is 57.4 Å². The quantitative estimate of drug-likeness (QED) is 0.845. The Morgan fingerprint density at radius 2 is 2.00 bits per heavy atom. The topological polar surface area (TPSA) is 12.0 Å². The van der Waals surface area contributed by atoms with Gasteiger partial charge in [-0.1, -0.05) is 57.0 Å². The van der Waals surface area contributed by atoms with Crippen LogP contribution in [0.15, 0.2) is 30.3 Å². The summed E-state index contributed by atoms with van der Waals surface area (Å²) in [6.45, 7) is 5.73. The maximum atomic E-state index is 3.65. The van der Waals surface area contributed by atoms with Crippen molar-refractivity contribution in [1.82, 2.24) is 5.32 Å². The zero-order valence-electron chi connectivity index (χ0n) is 12.4. The van der Waals surface area contributed by atoms with Crippen LogP contribution in [0.2, 0.25) is 0 Å². The summed E-state index contributed by atoms with van der Waals surface area (Å²) in [5.74, 6) is 1.74. The smallest absolute Gasteiger partial charge is 0.00104 e. The fourth-order valence-corrected chi connectivity index (χ4v) is 4.23. The van der Waals surface area contributed by atoms with Crippen LogP contribution in [0.5, 0.6) is 0 Å². The number of rotatable bonds is 4. The van der Waals surface area contributed by atoms with Crippen molar-refractivity contribution in [2.75, 3.05) is 6.54 Å². The van der Waals surface area contributed by atoms with Crippen LogP contribution in [0, 0.1) is 11.3 Å². The van der Waals surface area contributed by atoms with Crippen LogP contribution in [0.3, 0.4) is 0 Å².